The van der Waals surface area contributed by atoms with E-state index in [0.717, 1.165) is 25.7 Å². The first-order chi connectivity index (χ1) is 8.08. The van der Waals surface area contributed by atoms with Crippen molar-refractivity contribution in [1.29, 1.82) is 0 Å². The summed E-state index contributed by atoms with van der Waals surface area (Å²) in [6.07, 6.45) is 3.21. The minimum absolute atomic E-state index is 0.150. The van der Waals surface area contributed by atoms with Gasteiger partial charge < -0.3 is 14.6 Å². The van der Waals surface area contributed by atoms with E-state index in [2.05, 4.69) is 25.8 Å². The van der Waals surface area contributed by atoms with E-state index >= 15 is 0 Å². The summed E-state index contributed by atoms with van der Waals surface area (Å²) in [4.78, 5) is 2.27. The van der Waals surface area contributed by atoms with Crippen LogP contribution in [0.4, 0.5) is 0 Å². The highest BCUT2D eigenvalue weighted by Crippen LogP contribution is 2.38. The van der Waals surface area contributed by atoms with Crippen molar-refractivity contribution in [3.63, 3.8) is 0 Å². The average Bonchev–Trinajstić information content (AvgIpc) is 2.79. The van der Waals surface area contributed by atoms with Gasteiger partial charge in [0.1, 0.15) is 0 Å². The van der Waals surface area contributed by atoms with E-state index in [4.69, 9.17) is 9.47 Å². The lowest BCUT2D eigenvalue weighted by Gasteiger charge is -2.44. The average molecular weight is 243 g/mol. The largest absolute Gasteiger partial charge is 0.391 e. The van der Waals surface area contributed by atoms with Crippen LogP contribution in [0.2, 0.25) is 0 Å². The van der Waals surface area contributed by atoms with Gasteiger partial charge in [0.15, 0.2) is 5.79 Å². The molecule has 0 aromatic carbocycles. The molecule has 1 aliphatic carbocycles. The zero-order valence-electron chi connectivity index (χ0n) is 11.2. The van der Waals surface area contributed by atoms with Crippen molar-refractivity contribution < 1.29 is 14.6 Å². The third-order valence-electron chi connectivity index (χ3n) is 4.41. The van der Waals surface area contributed by atoms with E-state index < -0.39 is 5.79 Å². The smallest absolute Gasteiger partial charge is 0.170 e. The monoisotopic (exact) mass is 243 g/mol. The summed E-state index contributed by atoms with van der Waals surface area (Å²) >= 11 is 0. The van der Waals surface area contributed by atoms with Gasteiger partial charge in [-0.15, -0.1) is 0 Å². The molecule has 100 valence electrons. The molecule has 0 radical (unpaired) electrons. The molecule has 1 spiro atoms. The van der Waals surface area contributed by atoms with Crippen LogP contribution < -0.4 is 0 Å². The number of aliphatic hydroxyl groups is 1. The molecule has 4 nitrogen and oxygen atoms in total. The lowest BCUT2D eigenvalue weighted by Crippen LogP contribution is -2.54. The van der Waals surface area contributed by atoms with E-state index in [1.807, 2.05) is 0 Å². The molecule has 1 saturated heterocycles. The lowest BCUT2D eigenvalue weighted by molar-refractivity contribution is -0.205. The van der Waals surface area contributed by atoms with Crippen molar-refractivity contribution >= 4 is 0 Å². The SMILES string of the molecule is CCC(C)N(C)C1CC2(CCC1O)OCCO2. The highest BCUT2D eigenvalue weighted by atomic mass is 16.7. The van der Waals surface area contributed by atoms with Crippen molar-refractivity contribution in [2.24, 2.45) is 0 Å². The summed E-state index contributed by atoms with van der Waals surface area (Å²) in [6, 6.07) is 0.628. The normalized spacial score (nSPS) is 34.4. The Morgan fingerprint density at radius 3 is 2.65 bits per heavy atom. The molecule has 0 aromatic rings. The Bertz CT molecular complexity index is 253. The van der Waals surface area contributed by atoms with Crippen LogP contribution in [0.1, 0.15) is 39.5 Å². The molecule has 3 unspecified atom stereocenters. The first kappa shape index (κ1) is 13.3. The molecular formula is C13H25NO3. The van der Waals surface area contributed by atoms with Crippen LogP contribution in [0.5, 0.6) is 0 Å². The van der Waals surface area contributed by atoms with Crippen LogP contribution in [-0.4, -0.2) is 54.2 Å². The molecule has 1 saturated carbocycles. The number of likely N-dealkylation sites (N-methyl/N-ethyl adjacent to an activating group) is 1. The van der Waals surface area contributed by atoms with Crippen molar-refractivity contribution in [2.75, 3.05) is 20.3 Å². The predicted molar refractivity (Wildman–Crippen MR) is 65.8 cm³/mol. The highest BCUT2D eigenvalue weighted by molar-refractivity contribution is 4.93. The Hall–Kier alpha value is -0.160. The molecule has 1 aliphatic heterocycles. The molecule has 4 heteroatoms. The Morgan fingerprint density at radius 1 is 1.41 bits per heavy atom. The number of rotatable bonds is 3. The van der Waals surface area contributed by atoms with Gasteiger partial charge in [0.2, 0.25) is 0 Å². The van der Waals surface area contributed by atoms with Crippen molar-refractivity contribution in [3.8, 4) is 0 Å². The van der Waals surface area contributed by atoms with Gasteiger partial charge in [-0.2, -0.15) is 0 Å². The van der Waals surface area contributed by atoms with Gasteiger partial charge in [0.05, 0.1) is 19.3 Å². The topological polar surface area (TPSA) is 41.9 Å². The summed E-state index contributed by atoms with van der Waals surface area (Å²) in [7, 11) is 2.09. The van der Waals surface area contributed by atoms with E-state index in [9.17, 15) is 5.11 Å². The second-order valence-corrected chi connectivity index (χ2v) is 5.41. The molecule has 1 N–H and O–H groups in total. The zero-order chi connectivity index (χ0) is 12.5. The fourth-order valence-electron chi connectivity index (χ4n) is 2.91. The maximum atomic E-state index is 10.2. The van der Waals surface area contributed by atoms with Crippen molar-refractivity contribution in [2.45, 2.75) is 63.5 Å². The van der Waals surface area contributed by atoms with E-state index in [1.165, 1.54) is 0 Å². The minimum Gasteiger partial charge on any atom is -0.391 e. The van der Waals surface area contributed by atoms with E-state index in [-0.39, 0.29) is 12.1 Å². The van der Waals surface area contributed by atoms with Gasteiger partial charge in [-0.25, -0.2) is 0 Å². The Balaban J connectivity index is 2.04. The van der Waals surface area contributed by atoms with Gasteiger partial charge in [-0.05, 0) is 26.8 Å². The number of hydrogen-bond donors (Lipinski definition) is 1. The van der Waals surface area contributed by atoms with Gasteiger partial charge in [0, 0.05) is 24.9 Å². The number of nitrogens with zero attached hydrogens (tertiary/aromatic N) is 1. The van der Waals surface area contributed by atoms with E-state index in [1.54, 1.807) is 0 Å². The van der Waals surface area contributed by atoms with Gasteiger partial charge in [-0.3, -0.25) is 4.90 Å². The fraction of sp³-hybridized carbons (Fsp3) is 1.00. The van der Waals surface area contributed by atoms with Crippen molar-refractivity contribution in [1.82, 2.24) is 4.90 Å². The molecule has 2 fully saturated rings. The maximum absolute atomic E-state index is 10.2. The second-order valence-electron chi connectivity index (χ2n) is 5.41. The first-order valence-electron chi connectivity index (χ1n) is 6.76. The molecule has 3 atom stereocenters. The molecule has 0 bridgehead atoms. The molecule has 1 heterocycles. The molecule has 17 heavy (non-hydrogen) atoms. The summed E-state index contributed by atoms with van der Waals surface area (Å²) in [5, 5.41) is 10.2. The fourth-order valence-corrected chi connectivity index (χ4v) is 2.91. The maximum Gasteiger partial charge on any atom is 0.170 e. The first-order valence-corrected chi connectivity index (χ1v) is 6.76. The lowest BCUT2D eigenvalue weighted by atomic mass is 9.86. The molecule has 0 aromatic heterocycles. The summed E-state index contributed by atoms with van der Waals surface area (Å²) < 4.78 is 11.5. The summed E-state index contributed by atoms with van der Waals surface area (Å²) in [5.74, 6) is -0.411. The molecular weight excluding hydrogens is 218 g/mol. The van der Waals surface area contributed by atoms with E-state index in [0.29, 0.717) is 19.3 Å². The number of aliphatic hydroxyl groups excluding tert-OH is 1. The Kier molecular flexibility index (Phi) is 4.08. The van der Waals surface area contributed by atoms with Gasteiger partial charge in [-0.1, -0.05) is 6.92 Å². The van der Waals surface area contributed by atoms with Gasteiger partial charge >= 0.3 is 0 Å². The van der Waals surface area contributed by atoms with Crippen LogP contribution in [0.25, 0.3) is 0 Å². The Morgan fingerprint density at radius 2 is 2.06 bits per heavy atom. The Labute approximate surface area is 104 Å². The third-order valence-corrected chi connectivity index (χ3v) is 4.41. The van der Waals surface area contributed by atoms with Crippen LogP contribution in [0.3, 0.4) is 0 Å². The standard InChI is InChI=1S/C13H25NO3/c1-4-10(2)14(3)11-9-13(6-5-12(11)15)16-7-8-17-13/h10-12,15H,4-9H2,1-3H3. The predicted octanol–water partition coefficient (Wildman–Crippen LogP) is 1.37. The molecule has 2 aliphatic rings. The minimum atomic E-state index is -0.411. The molecule has 0 amide bonds. The highest BCUT2D eigenvalue weighted by Gasteiger charge is 2.46. The zero-order valence-corrected chi connectivity index (χ0v) is 11.2. The summed E-state index contributed by atoms with van der Waals surface area (Å²) in [5.41, 5.74) is 0. The van der Waals surface area contributed by atoms with Gasteiger partial charge in [0.25, 0.3) is 0 Å². The van der Waals surface area contributed by atoms with Crippen LogP contribution in [0.15, 0.2) is 0 Å². The van der Waals surface area contributed by atoms with Crippen LogP contribution >= 0.6 is 0 Å². The van der Waals surface area contributed by atoms with Crippen molar-refractivity contribution in [3.05, 3.63) is 0 Å². The third kappa shape index (κ3) is 2.65. The van der Waals surface area contributed by atoms with Crippen LogP contribution in [-0.2, 0) is 9.47 Å². The summed E-state index contributed by atoms with van der Waals surface area (Å²) in [6.45, 7) is 5.75. The quantitative estimate of drug-likeness (QED) is 0.813. The number of hydrogen-bond acceptors (Lipinski definition) is 4. The second kappa shape index (κ2) is 5.22. The number of ether oxygens (including phenoxy) is 2. The molecule has 2 rings (SSSR count). The van der Waals surface area contributed by atoms with Crippen LogP contribution in [0, 0.1) is 0 Å².